The van der Waals surface area contributed by atoms with Crippen molar-refractivity contribution in [2.24, 2.45) is 0 Å². The number of hydrogen-bond donors (Lipinski definition) is 2. The van der Waals surface area contributed by atoms with Crippen LogP contribution in [0.2, 0.25) is 0 Å². The zero-order valence-electron chi connectivity index (χ0n) is 11.0. The zero-order valence-corrected chi connectivity index (χ0v) is 11.8. The Morgan fingerprint density at radius 3 is 2.75 bits per heavy atom. The van der Waals surface area contributed by atoms with Crippen LogP contribution in [0.5, 0.6) is 0 Å². The van der Waals surface area contributed by atoms with E-state index in [-0.39, 0.29) is 12.2 Å². The first-order valence-electron chi connectivity index (χ1n) is 6.34. The third-order valence-electron chi connectivity index (χ3n) is 3.07. The molecule has 0 radical (unpaired) electrons. The van der Waals surface area contributed by atoms with E-state index in [0.29, 0.717) is 19.8 Å². The summed E-state index contributed by atoms with van der Waals surface area (Å²) in [6.45, 7) is 3.62. The SMILES string of the molecule is Nc1ccc(F)c(S(=O)(=O)NCCN2CCOCC2)c1. The number of anilines is 1. The summed E-state index contributed by atoms with van der Waals surface area (Å²) in [5.41, 5.74) is 5.70. The first-order valence-corrected chi connectivity index (χ1v) is 7.82. The molecule has 0 aliphatic carbocycles. The van der Waals surface area contributed by atoms with E-state index in [1.165, 1.54) is 6.07 Å². The minimum Gasteiger partial charge on any atom is -0.399 e. The molecule has 0 aromatic heterocycles. The van der Waals surface area contributed by atoms with Crippen molar-refractivity contribution >= 4 is 15.7 Å². The number of hydrogen-bond acceptors (Lipinski definition) is 5. The fraction of sp³-hybridized carbons (Fsp3) is 0.500. The molecule has 1 aromatic rings. The lowest BCUT2D eigenvalue weighted by Gasteiger charge is -2.26. The third kappa shape index (κ3) is 3.89. The van der Waals surface area contributed by atoms with Crippen LogP contribution in [-0.4, -0.2) is 52.7 Å². The summed E-state index contributed by atoms with van der Waals surface area (Å²) in [6, 6.07) is 3.49. The fourth-order valence-electron chi connectivity index (χ4n) is 1.97. The average Bonchev–Trinajstić information content (AvgIpc) is 2.42. The molecule has 1 aromatic carbocycles. The van der Waals surface area contributed by atoms with Crippen LogP contribution >= 0.6 is 0 Å². The highest BCUT2D eigenvalue weighted by Crippen LogP contribution is 2.17. The minimum absolute atomic E-state index is 0.208. The topological polar surface area (TPSA) is 84.7 Å². The molecule has 1 aliphatic heterocycles. The predicted molar refractivity (Wildman–Crippen MR) is 73.3 cm³/mol. The fourth-order valence-corrected chi connectivity index (χ4v) is 3.10. The molecule has 0 amide bonds. The van der Waals surface area contributed by atoms with E-state index in [0.717, 1.165) is 25.2 Å². The van der Waals surface area contributed by atoms with Crippen molar-refractivity contribution in [3.63, 3.8) is 0 Å². The van der Waals surface area contributed by atoms with Crippen LogP contribution in [0.1, 0.15) is 0 Å². The van der Waals surface area contributed by atoms with Gasteiger partial charge in [0.2, 0.25) is 10.0 Å². The molecule has 0 saturated carbocycles. The van der Waals surface area contributed by atoms with E-state index in [4.69, 9.17) is 10.5 Å². The number of nitrogen functional groups attached to an aromatic ring is 1. The summed E-state index contributed by atoms with van der Waals surface area (Å²) in [4.78, 5) is 1.67. The van der Waals surface area contributed by atoms with Crippen LogP contribution in [-0.2, 0) is 14.8 Å². The minimum atomic E-state index is -3.88. The van der Waals surface area contributed by atoms with Gasteiger partial charge in [0, 0.05) is 31.9 Å². The van der Waals surface area contributed by atoms with Gasteiger partial charge in [-0.05, 0) is 18.2 Å². The van der Waals surface area contributed by atoms with Crippen molar-refractivity contribution in [2.45, 2.75) is 4.90 Å². The molecule has 1 fully saturated rings. The van der Waals surface area contributed by atoms with Gasteiger partial charge in [0.05, 0.1) is 13.2 Å². The van der Waals surface area contributed by atoms with Crippen LogP contribution < -0.4 is 10.5 Å². The van der Waals surface area contributed by atoms with Crippen molar-refractivity contribution in [2.75, 3.05) is 45.1 Å². The van der Waals surface area contributed by atoms with Gasteiger partial charge in [-0.2, -0.15) is 0 Å². The number of nitrogens with one attached hydrogen (secondary N) is 1. The number of morpholine rings is 1. The first-order chi connectivity index (χ1) is 9.49. The summed E-state index contributed by atoms with van der Waals surface area (Å²) in [7, 11) is -3.88. The molecule has 0 spiro atoms. The van der Waals surface area contributed by atoms with E-state index >= 15 is 0 Å². The molecule has 0 atom stereocenters. The molecule has 1 aliphatic rings. The smallest absolute Gasteiger partial charge is 0.243 e. The summed E-state index contributed by atoms with van der Waals surface area (Å²) in [5, 5.41) is 0. The van der Waals surface area contributed by atoms with E-state index in [2.05, 4.69) is 9.62 Å². The van der Waals surface area contributed by atoms with Crippen molar-refractivity contribution < 1.29 is 17.5 Å². The molecule has 1 saturated heterocycles. The molecule has 0 bridgehead atoms. The molecule has 6 nitrogen and oxygen atoms in total. The quantitative estimate of drug-likeness (QED) is 0.749. The predicted octanol–water partition coefficient (Wildman–Crippen LogP) is 0.0184. The number of benzene rings is 1. The van der Waals surface area contributed by atoms with Crippen molar-refractivity contribution in [3.8, 4) is 0 Å². The molecule has 8 heteroatoms. The van der Waals surface area contributed by atoms with Crippen molar-refractivity contribution in [1.82, 2.24) is 9.62 Å². The lowest BCUT2D eigenvalue weighted by atomic mass is 10.3. The normalized spacial score (nSPS) is 17.2. The van der Waals surface area contributed by atoms with Gasteiger partial charge >= 0.3 is 0 Å². The Morgan fingerprint density at radius 2 is 2.05 bits per heavy atom. The highest BCUT2D eigenvalue weighted by molar-refractivity contribution is 7.89. The largest absolute Gasteiger partial charge is 0.399 e. The summed E-state index contributed by atoms with van der Waals surface area (Å²) < 4.78 is 45.1. The molecule has 112 valence electrons. The van der Waals surface area contributed by atoms with E-state index in [1.807, 2.05) is 0 Å². The molecule has 1 heterocycles. The number of sulfonamides is 1. The maximum atomic E-state index is 13.5. The summed E-state index contributed by atoms with van der Waals surface area (Å²) >= 11 is 0. The van der Waals surface area contributed by atoms with Gasteiger partial charge in [-0.15, -0.1) is 0 Å². The highest BCUT2D eigenvalue weighted by Gasteiger charge is 2.19. The summed E-state index contributed by atoms with van der Waals surface area (Å²) in [5.74, 6) is -0.807. The maximum absolute atomic E-state index is 13.5. The Hall–Kier alpha value is -1.22. The Balaban J connectivity index is 1.95. The second-order valence-electron chi connectivity index (χ2n) is 4.54. The number of rotatable bonds is 5. The van der Waals surface area contributed by atoms with Crippen molar-refractivity contribution in [1.29, 1.82) is 0 Å². The van der Waals surface area contributed by atoms with Gasteiger partial charge < -0.3 is 10.5 Å². The van der Waals surface area contributed by atoms with Crippen LogP contribution in [0.4, 0.5) is 10.1 Å². The molecule has 0 unspecified atom stereocenters. The molecular weight excluding hydrogens is 285 g/mol. The second-order valence-corrected chi connectivity index (χ2v) is 6.28. The average molecular weight is 303 g/mol. The Kier molecular flexibility index (Phi) is 4.92. The Morgan fingerprint density at radius 1 is 1.35 bits per heavy atom. The molecule has 2 rings (SSSR count). The van der Waals surface area contributed by atoms with Gasteiger partial charge in [-0.25, -0.2) is 17.5 Å². The first kappa shape index (κ1) is 15.2. The highest BCUT2D eigenvalue weighted by atomic mass is 32.2. The number of nitrogens with two attached hydrogens (primary N) is 1. The van der Waals surface area contributed by atoms with E-state index in [1.54, 1.807) is 0 Å². The van der Waals surface area contributed by atoms with Crippen LogP contribution in [0.25, 0.3) is 0 Å². The van der Waals surface area contributed by atoms with Crippen LogP contribution in [0.15, 0.2) is 23.1 Å². The molecule has 3 N–H and O–H groups in total. The second kappa shape index (κ2) is 6.49. The summed E-state index contributed by atoms with van der Waals surface area (Å²) in [6.07, 6.45) is 0. The lowest BCUT2D eigenvalue weighted by molar-refractivity contribution is 0.0390. The van der Waals surface area contributed by atoms with Gasteiger partial charge in [-0.1, -0.05) is 0 Å². The third-order valence-corrected chi connectivity index (χ3v) is 4.54. The van der Waals surface area contributed by atoms with Crippen molar-refractivity contribution in [3.05, 3.63) is 24.0 Å². The number of halogens is 1. The Bertz CT molecular complexity index is 559. The van der Waals surface area contributed by atoms with Gasteiger partial charge in [-0.3, -0.25) is 4.90 Å². The lowest BCUT2D eigenvalue weighted by Crippen LogP contribution is -2.41. The van der Waals surface area contributed by atoms with Crippen LogP contribution in [0, 0.1) is 5.82 Å². The monoisotopic (exact) mass is 303 g/mol. The van der Waals surface area contributed by atoms with Crippen LogP contribution in [0.3, 0.4) is 0 Å². The molecular formula is C12H18FN3O3S. The van der Waals surface area contributed by atoms with E-state index in [9.17, 15) is 12.8 Å². The Labute approximate surface area is 117 Å². The number of ether oxygens (including phenoxy) is 1. The van der Waals surface area contributed by atoms with Gasteiger partial charge in [0.15, 0.2) is 0 Å². The van der Waals surface area contributed by atoms with Gasteiger partial charge in [0.25, 0.3) is 0 Å². The number of nitrogens with zero attached hydrogens (tertiary/aromatic N) is 1. The van der Waals surface area contributed by atoms with E-state index < -0.39 is 20.7 Å². The maximum Gasteiger partial charge on any atom is 0.243 e. The molecule has 20 heavy (non-hydrogen) atoms. The zero-order chi connectivity index (χ0) is 14.6. The standard InChI is InChI=1S/C12H18FN3O3S/c13-11-2-1-10(14)9-12(11)20(17,18)15-3-4-16-5-7-19-8-6-16/h1-2,9,15H,3-8,14H2. The van der Waals surface area contributed by atoms with Gasteiger partial charge in [0.1, 0.15) is 10.7 Å².